The van der Waals surface area contributed by atoms with E-state index in [2.05, 4.69) is 62.3 Å². The van der Waals surface area contributed by atoms with Crippen LogP contribution in [0.2, 0.25) is 0 Å². The lowest BCUT2D eigenvalue weighted by molar-refractivity contribution is -0.121. The highest BCUT2D eigenvalue weighted by Gasteiger charge is 2.16. The second-order valence-corrected chi connectivity index (χ2v) is 7.33. The Hall–Kier alpha value is -2.68. The molecule has 6 nitrogen and oxygen atoms in total. The predicted molar refractivity (Wildman–Crippen MR) is 96.1 cm³/mol. The van der Waals surface area contributed by atoms with Crippen LogP contribution in [0.5, 0.6) is 0 Å². The summed E-state index contributed by atoms with van der Waals surface area (Å²) in [6.45, 7) is 11.5. The molecule has 2 aromatic rings. The third kappa shape index (κ3) is 4.66. The van der Waals surface area contributed by atoms with Crippen molar-refractivity contribution in [2.24, 2.45) is 0 Å². The fourth-order valence-corrected chi connectivity index (χ4v) is 2.82. The second kappa shape index (κ2) is 7.47. The van der Waals surface area contributed by atoms with Crippen molar-refractivity contribution in [3.05, 3.63) is 46.5 Å². The number of nitriles is 1. The highest BCUT2D eigenvalue weighted by molar-refractivity contribution is 5.75. The maximum absolute atomic E-state index is 12.0. The van der Waals surface area contributed by atoms with Crippen LogP contribution in [0.4, 0.5) is 0 Å². The Kier molecular flexibility index (Phi) is 5.58. The number of rotatable bonds is 5. The monoisotopic (exact) mass is 339 g/mol. The van der Waals surface area contributed by atoms with E-state index in [-0.39, 0.29) is 23.7 Å². The molecular formula is C19H25N5O. The van der Waals surface area contributed by atoms with E-state index in [4.69, 9.17) is 5.26 Å². The average Bonchev–Trinajstić information content (AvgIpc) is 2.96. The summed E-state index contributed by atoms with van der Waals surface area (Å²) < 4.78 is 1.43. The first-order chi connectivity index (χ1) is 11.7. The molecule has 132 valence electrons. The Balaban J connectivity index is 1.96. The summed E-state index contributed by atoms with van der Waals surface area (Å²) in [5.74, 6) is -0.0162. The number of carbonyl (C=O) groups is 1. The first-order valence-corrected chi connectivity index (χ1v) is 8.37. The molecule has 25 heavy (non-hydrogen) atoms. The third-order valence-electron chi connectivity index (χ3n) is 4.29. The highest BCUT2D eigenvalue weighted by atomic mass is 16.1. The molecule has 0 saturated heterocycles. The van der Waals surface area contributed by atoms with Crippen LogP contribution < -0.4 is 5.32 Å². The van der Waals surface area contributed by atoms with E-state index in [9.17, 15) is 4.79 Å². The number of amides is 1. The summed E-state index contributed by atoms with van der Waals surface area (Å²) in [6, 6.07) is 6.38. The fraction of sp³-hybridized carbons (Fsp3) is 0.474. The van der Waals surface area contributed by atoms with Crippen molar-refractivity contribution in [1.29, 1.82) is 5.26 Å². The van der Waals surface area contributed by atoms with Gasteiger partial charge in [0.25, 0.3) is 0 Å². The van der Waals surface area contributed by atoms with Gasteiger partial charge in [-0.05, 0) is 47.9 Å². The normalized spacial score (nSPS) is 11.2. The maximum Gasteiger partial charge on any atom is 0.240 e. The molecule has 1 aromatic heterocycles. The minimum atomic E-state index is -0.155. The van der Waals surface area contributed by atoms with Gasteiger partial charge in [0.05, 0.1) is 0 Å². The second-order valence-electron chi connectivity index (χ2n) is 7.33. The maximum atomic E-state index is 12.0. The van der Waals surface area contributed by atoms with Crippen molar-refractivity contribution in [1.82, 2.24) is 20.1 Å². The molecule has 0 atom stereocenters. The van der Waals surface area contributed by atoms with Crippen molar-refractivity contribution in [2.75, 3.05) is 6.54 Å². The molecule has 0 radical (unpaired) electrons. The van der Waals surface area contributed by atoms with E-state index in [0.29, 0.717) is 6.54 Å². The zero-order chi connectivity index (χ0) is 18.6. The summed E-state index contributed by atoms with van der Waals surface area (Å²) in [7, 11) is 0. The predicted octanol–water partition coefficient (Wildman–Crippen LogP) is 2.42. The Bertz CT molecular complexity index is 785. The molecule has 0 unspecified atom stereocenters. The van der Waals surface area contributed by atoms with Gasteiger partial charge in [0.1, 0.15) is 18.9 Å². The van der Waals surface area contributed by atoms with E-state index in [1.807, 2.05) is 6.07 Å². The van der Waals surface area contributed by atoms with Crippen molar-refractivity contribution in [3.63, 3.8) is 0 Å². The molecule has 1 N–H and O–H groups in total. The highest BCUT2D eigenvalue weighted by Crippen LogP contribution is 2.27. The lowest BCUT2D eigenvalue weighted by Crippen LogP contribution is -2.30. The number of hydrogen-bond donors (Lipinski definition) is 1. The van der Waals surface area contributed by atoms with E-state index in [0.717, 1.165) is 6.42 Å². The molecule has 0 aliphatic carbocycles. The molecule has 1 aromatic carbocycles. The number of nitrogens with zero attached hydrogens (tertiary/aromatic N) is 4. The Morgan fingerprint density at radius 2 is 1.92 bits per heavy atom. The lowest BCUT2D eigenvalue weighted by atomic mass is 9.83. The Morgan fingerprint density at radius 3 is 2.48 bits per heavy atom. The van der Waals surface area contributed by atoms with Gasteiger partial charge < -0.3 is 5.32 Å². The van der Waals surface area contributed by atoms with E-state index < -0.39 is 0 Å². The number of aryl methyl sites for hydroxylation is 2. The summed E-state index contributed by atoms with van der Waals surface area (Å²) >= 11 is 0. The van der Waals surface area contributed by atoms with E-state index in [1.54, 1.807) is 0 Å². The van der Waals surface area contributed by atoms with Gasteiger partial charge in [0.15, 0.2) is 0 Å². The molecule has 0 bridgehead atoms. The largest absolute Gasteiger partial charge is 0.354 e. The summed E-state index contributed by atoms with van der Waals surface area (Å²) in [5.41, 5.74) is 5.23. The van der Waals surface area contributed by atoms with Crippen molar-refractivity contribution in [3.8, 4) is 6.07 Å². The van der Waals surface area contributed by atoms with Crippen molar-refractivity contribution < 1.29 is 4.79 Å². The van der Waals surface area contributed by atoms with E-state index in [1.165, 1.54) is 33.1 Å². The molecule has 2 rings (SSSR count). The van der Waals surface area contributed by atoms with Crippen LogP contribution in [0.15, 0.2) is 18.5 Å². The van der Waals surface area contributed by atoms with Crippen molar-refractivity contribution in [2.45, 2.75) is 53.0 Å². The third-order valence-corrected chi connectivity index (χ3v) is 4.29. The lowest BCUT2D eigenvalue weighted by Gasteiger charge is -2.22. The molecule has 0 spiro atoms. The Labute approximate surface area is 148 Å². The van der Waals surface area contributed by atoms with Gasteiger partial charge in [-0.2, -0.15) is 5.26 Å². The fourth-order valence-electron chi connectivity index (χ4n) is 2.82. The first-order valence-electron chi connectivity index (χ1n) is 8.37. The number of aromatic nitrogens is 3. The molecule has 1 heterocycles. The van der Waals surface area contributed by atoms with Gasteiger partial charge in [-0.3, -0.25) is 9.36 Å². The number of nitrogens with one attached hydrogen (secondary N) is 1. The molecule has 1 amide bonds. The number of carbonyl (C=O) groups excluding carboxylic acids is 1. The summed E-state index contributed by atoms with van der Waals surface area (Å²) in [4.78, 5) is 12.0. The van der Waals surface area contributed by atoms with Crippen LogP contribution in [0, 0.1) is 25.2 Å². The zero-order valence-electron chi connectivity index (χ0n) is 15.6. The SMILES string of the molecule is Cc1cc(C(C)(C)C)cc(C)c1CCNC(=O)Cn1cnnc1C#N. The minimum Gasteiger partial charge on any atom is -0.354 e. The number of benzene rings is 1. The van der Waals surface area contributed by atoms with Gasteiger partial charge in [0, 0.05) is 6.54 Å². The smallest absolute Gasteiger partial charge is 0.240 e. The van der Waals surface area contributed by atoms with Gasteiger partial charge in [0.2, 0.25) is 11.7 Å². The quantitative estimate of drug-likeness (QED) is 0.907. The van der Waals surface area contributed by atoms with Crippen LogP contribution >= 0.6 is 0 Å². The molecule has 0 aliphatic rings. The topological polar surface area (TPSA) is 83.6 Å². The van der Waals surface area contributed by atoms with Crippen LogP contribution in [-0.4, -0.2) is 27.2 Å². The molecule has 6 heteroatoms. The van der Waals surface area contributed by atoms with Gasteiger partial charge in [-0.1, -0.05) is 32.9 Å². The van der Waals surface area contributed by atoms with Gasteiger partial charge in [-0.25, -0.2) is 0 Å². The van der Waals surface area contributed by atoms with Crippen LogP contribution in [0.1, 0.15) is 48.8 Å². The molecular weight excluding hydrogens is 314 g/mol. The van der Waals surface area contributed by atoms with Crippen LogP contribution in [0.25, 0.3) is 0 Å². The van der Waals surface area contributed by atoms with Crippen LogP contribution in [-0.2, 0) is 23.2 Å². The van der Waals surface area contributed by atoms with Crippen LogP contribution in [0.3, 0.4) is 0 Å². The van der Waals surface area contributed by atoms with Gasteiger partial charge >= 0.3 is 0 Å². The zero-order valence-corrected chi connectivity index (χ0v) is 15.6. The summed E-state index contributed by atoms with van der Waals surface area (Å²) in [5, 5.41) is 19.0. The standard InChI is InChI=1S/C19H25N5O/c1-13-8-15(19(3,4)5)9-14(2)16(13)6-7-21-18(25)11-24-12-22-23-17(24)10-20/h8-9,12H,6-7,11H2,1-5H3,(H,21,25). The molecule has 0 aliphatic heterocycles. The minimum absolute atomic E-state index is 0.0524. The molecule has 0 fully saturated rings. The van der Waals surface area contributed by atoms with E-state index >= 15 is 0 Å². The van der Waals surface area contributed by atoms with Crippen molar-refractivity contribution >= 4 is 5.91 Å². The Morgan fingerprint density at radius 1 is 1.28 bits per heavy atom. The van der Waals surface area contributed by atoms with Gasteiger partial charge in [-0.15, -0.1) is 10.2 Å². The average molecular weight is 339 g/mol. The number of hydrogen-bond acceptors (Lipinski definition) is 4. The first kappa shape index (κ1) is 18.7. The summed E-state index contributed by atoms with van der Waals surface area (Å²) in [6.07, 6.45) is 2.17. The molecule has 0 saturated carbocycles.